The van der Waals surface area contributed by atoms with E-state index in [9.17, 15) is 15.2 Å². The first kappa shape index (κ1) is 17.7. The summed E-state index contributed by atoms with van der Waals surface area (Å²) in [5.74, 6) is 0. The largest absolute Gasteiger partial charge is 0.444 e. The molecule has 1 aromatic heterocycles. The van der Waals surface area contributed by atoms with Gasteiger partial charge in [0.25, 0.3) is 0 Å². The van der Waals surface area contributed by atoms with Gasteiger partial charge in [-0.1, -0.05) is 6.07 Å². The molecule has 0 spiro atoms. The number of nitriles is 1. The molecule has 1 N–H and O–H groups in total. The van der Waals surface area contributed by atoms with Crippen molar-refractivity contribution in [1.29, 1.82) is 5.26 Å². The van der Waals surface area contributed by atoms with Crippen LogP contribution in [-0.4, -0.2) is 38.8 Å². The van der Waals surface area contributed by atoms with Crippen LogP contribution in [0.5, 0.6) is 0 Å². The fourth-order valence-electron chi connectivity index (χ4n) is 4.13. The molecule has 3 heterocycles. The van der Waals surface area contributed by atoms with Crippen LogP contribution in [0, 0.1) is 11.3 Å². The van der Waals surface area contributed by atoms with Crippen LogP contribution in [0.4, 0.5) is 4.79 Å². The minimum absolute atomic E-state index is 0.0842. The summed E-state index contributed by atoms with van der Waals surface area (Å²) in [6, 6.07) is 5.41. The van der Waals surface area contributed by atoms with Crippen molar-refractivity contribution in [3.63, 3.8) is 0 Å². The fraction of sp³-hybridized carbons (Fsp3) is 0.632. The summed E-state index contributed by atoms with van der Waals surface area (Å²) in [6.45, 7) is 5.57. The van der Waals surface area contributed by atoms with E-state index >= 15 is 0 Å². The molecule has 0 radical (unpaired) electrons. The Morgan fingerprint density at radius 1 is 1.40 bits per heavy atom. The van der Waals surface area contributed by atoms with Gasteiger partial charge in [0, 0.05) is 36.7 Å². The van der Waals surface area contributed by atoms with Gasteiger partial charge < -0.3 is 14.7 Å². The number of hydrogen-bond acceptors (Lipinski definition) is 5. The molecule has 1 aromatic rings. The number of amides is 1. The number of rotatable bonds is 1. The van der Waals surface area contributed by atoms with E-state index in [2.05, 4.69) is 11.1 Å². The highest BCUT2D eigenvalue weighted by Crippen LogP contribution is 2.45. The van der Waals surface area contributed by atoms with Crippen LogP contribution < -0.4 is 0 Å². The number of pyridine rings is 1. The first-order valence-electron chi connectivity index (χ1n) is 8.83. The lowest BCUT2D eigenvalue weighted by atomic mass is 9.72. The Hall–Kier alpha value is -2.13. The summed E-state index contributed by atoms with van der Waals surface area (Å²) in [5.41, 5.74) is -0.851. The van der Waals surface area contributed by atoms with Crippen molar-refractivity contribution in [2.24, 2.45) is 0 Å². The van der Waals surface area contributed by atoms with E-state index in [4.69, 9.17) is 4.74 Å². The smallest absolute Gasteiger partial charge is 0.410 e. The van der Waals surface area contributed by atoms with Gasteiger partial charge in [0.15, 0.2) is 0 Å². The van der Waals surface area contributed by atoms with Gasteiger partial charge in [-0.3, -0.25) is 0 Å². The van der Waals surface area contributed by atoms with Crippen LogP contribution in [0.25, 0.3) is 0 Å². The van der Waals surface area contributed by atoms with Crippen molar-refractivity contribution in [2.75, 3.05) is 0 Å². The SMILES string of the molecule is CC(C)(C)OC(=O)N1C2CCCC1CC(O)(c1cccnc1C#N)C2. The predicted molar refractivity (Wildman–Crippen MR) is 91.6 cm³/mol. The van der Waals surface area contributed by atoms with E-state index in [1.807, 2.05) is 25.7 Å². The van der Waals surface area contributed by atoms with Gasteiger partial charge >= 0.3 is 6.09 Å². The highest BCUT2D eigenvalue weighted by atomic mass is 16.6. The average molecular weight is 343 g/mol. The topological polar surface area (TPSA) is 86.4 Å². The minimum atomic E-state index is -1.13. The Labute approximate surface area is 148 Å². The monoisotopic (exact) mass is 343 g/mol. The van der Waals surface area contributed by atoms with E-state index in [-0.39, 0.29) is 23.9 Å². The number of ether oxygens (including phenoxy) is 1. The molecule has 0 saturated carbocycles. The normalized spacial score (nSPS) is 29.0. The van der Waals surface area contributed by atoms with Gasteiger partial charge in [0.1, 0.15) is 17.4 Å². The molecule has 3 rings (SSSR count). The molecule has 2 aliphatic heterocycles. The zero-order chi connectivity index (χ0) is 18.2. The number of piperidine rings is 2. The maximum Gasteiger partial charge on any atom is 0.410 e. The third-order valence-electron chi connectivity index (χ3n) is 5.03. The standard InChI is InChI=1S/C19H25N3O3/c1-18(2,3)25-17(23)22-13-6-4-7-14(22)11-19(24,10-13)15-8-5-9-21-16(15)12-20/h5,8-9,13-14,24H,4,6-7,10-11H2,1-3H3. The number of hydrogen-bond donors (Lipinski definition) is 1. The van der Waals surface area contributed by atoms with Crippen LogP contribution >= 0.6 is 0 Å². The Balaban J connectivity index is 1.89. The lowest BCUT2D eigenvalue weighted by Gasteiger charge is -2.51. The van der Waals surface area contributed by atoms with Gasteiger partial charge in [-0.25, -0.2) is 9.78 Å². The van der Waals surface area contributed by atoms with Crippen LogP contribution in [0.1, 0.15) is 64.1 Å². The Morgan fingerprint density at radius 2 is 2.04 bits per heavy atom. The third-order valence-corrected chi connectivity index (χ3v) is 5.03. The summed E-state index contributed by atoms with van der Waals surface area (Å²) >= 11 is 0. The lowest BCUT2D eigenvalue weighted by Crippen LogP contribution is -2.59. The zero-order valence-corrected chi connectivity index (χ0v) is 15.0. The summed E-state index contributed by atoms with van der Waals surface area (Å²) in [7, 11) is 0. The van der Waals surface area contributed by atoms with E-state index in [0.717, 1.165) is 19.3 Å². The highest BCUT2D eigenvalue weighted by Gasteiger charge is 2.49. The molecule has 2 unspecified atom stereocenters. The van der Waals surface area contributed by atoms with Gasteiger partial charge in [-0.05, 0) is 46.1 Å². The van der Waals surface area contributed by atoms with E-state index < -0.39 is 11.2 Å². The van der Waals surface area contributed by atoms with Crippen molar-refractivity contribution in [2.45, 2.75) is 76.2 Å². The second kappa shape index (κ2) is 6.30. The molecule has 0 aromatic carbocycles. The second-order valence-corrected chi connectivity index (χ2v) is 8.08. The van der Waals surface area contributed by atoms with Gasteiger partial charge in [-0.2, -0.15) is 5.26 Å². The van der Waals surface area contributed by atoms with Crippen molar-refractivity contribution in [3.8, 4) is 6.07 Å². The van der Waals surface area contributed by atoms with Gasteiger partial charge in [0.2, 0.25) is 0 Å². The number of carbonyl (C=O) groups excluding carboxylic acids is 1. The first-order valence-corrected chi connectivity index (χ1v) is 8.83. The highest BCUT2D eigenvalue weighted by molar-refractivity contribution is 5.69. The van der Waals surface area contributed by atoms with Crippen LogP contribution in [-0.2, 0) is 10.3 Å². The summed E-state index contributed by atoms with van der Waals surface area (Å²) in [5, 5.41) is 20.6. The maximum atomic E-state index is 12.7. The summed E-state index contributed by atoms with van der Waals surface area (Å²) < 4.78 is 5.57. The molecule has 134 valence electrons. The van der Waals surface area contributed by atoms with Crippen LogP contribution in [0.3, 0.4) is 0 Å². The molecule has 2 fully saturated rings. The van der Waals surface area contributed by atoms with Crippen molar-refractivity contribution in [1.82, 2.24) is 9.88 Å². The number of nitrogens with zero attached hydrogens (tertiary/aromatic N) is 3. The quantitative estimate of drug-likeness (QED) is 0.847. The number of fused-ring (bicyclic) bond motifs is 2. The van der Waals surface area contributed by atoms with Crippen molar-refractivity contribution < 1.29 is 14.6 Å². The van der Waals surface area contributed by atoms with Crippen LogP contribution in [0.2, 0.25) is 0 Å². The molecular formula is C19H25N3O3. The van der Waals surface area contributed by atoms with E-state index in [1.54, 1.807) is 18.3 Å². The molecule has 2 saturated heterocycles. The molecule has 2 aliphatic rings. The molecular weight excluding hydrogens is 318 g/mol. The molecule has 6 nitrogen and oxygen atoms in total. The Morgan fingerprint density at radius 3 is 2.60 bits per heavy atom. The zero-order valence-electron chi connectivity index (χ0n) is 15.0. The first-order chi connectivity index (χ1) is 11.7. The Kier molecular flexibility index (Phi) is 4.46. The molecule has 0 aliphatic carbocycles. The van der Waals surface area contributed by atoms with Crippen molar-refractivity contribution >= 4 is 6.09 Å². The third kappa shape index (κ3) is 3.47. The van der Waals surface area contributed by atoms with E-state index in [0.29, 0.717) is 18.4 Å². The molecule has 2 bridgehead atoms. The maximum absolute atomic E-state index is 12.7. The second-order valence-electron chi connectivity index (χ2n) is 8.08. The molecule has 1 amide bonds. The number of aliphatic hydroxyl groups is 1. The molecule has 25 heavy (non-hydrogen) atoms. The number of carbonyl (C=O) groups is 1. The molecule has 6 heteroatoms. The Bertz CT molecular complexity index is 691. The number of aromatic nitrogens is 1. The van der Waals surface area contributed by atoms with Gasteiger partial charge in [-0.15, -0.1) is 0 Å². The minimum Gasteiger partial charge on any atom is -0.444 e. The fourth-order valence-corrected chi connectivity index (χ4v) is 4.13. The lowest BCUT2D eigenvalue weighted by molar-refractivity contribution is -0.0967. The summed E-state index contributed by atoms with van der Waals surface area (Å²) in [6.07, 6.45) is 4.76. The predicted octanol–water partition coefficient (Wildman–Crippen LogP) is 3.09. The van der Waals surface area contributed by atoms with E-state index in [1.165, 1.54) is 0 Å². The van der Waals surface area contributed by atoms with Crippen LogP contribution in [0.15, 0.2) is 18.3 Å². The van der Waals surface area contributed by atoms with Gasteiger partial charge in [0.05, 0.1) is 5.60 Å². The average Bonchev–Trinajstić information content (AvgIpc) is 2.52. The van der Waals surface area contributed by atoms with Crippen molar-refractivity contribution in [3.05, 3.63) is 29.6 Å². The molecule has 2 atom stereocenters. The summed E-state index contributed by atoms with van der Waals surface area (Å²) in [4.78, 5) is 18.6.